The number of rotatable bonds is 8. The van der Waals surface area contributed by atoms with Crippen LogP contribution in [0.1, 0.15) is 35.5 Å². The molecule has 30 heavy (non-hydrogen) atoms. The molecule has 0 bridgehead atoms. The number of nitrogens with one attached hydrogen (secondary N) is 2. The SMILES string of the molecule is CCCS(=O)(=O)c1ccccc1C(=O)Nc1nc(-c2ccc(CNC(C)=O)s2)cs1. The minimum absolute atomic E-state index is 0.0160. The van der Waals surface area contributed by atoms with Crippen LogP contribution in [0.2, 0.25) is 0 Å². The van der Waals surface area contributed by atoms with Gasteiger partial charge in [-0.25, -0.2) is 13.4 Å². The van der Waals surface area contributed by atoms with E-state index in [4.69, 9.17) is 0 Å². The lowest BCUT2D eigenvalue weighted by Gasteiger charge is -2.09. The van der Waals surface area contributed by atoms with E-state index in [1.165, 1.54) is 41.7 Å². The second kappa shape index (κ2) is 9.50. The Morgan fingerprint density at radius 2 is 1.90 bits per heavy atom. The second-order valence-electron chi connectivity index (χ2n) is 6.48. The number of hydrogen-bond acceptors (Lipinski definition) is 7. The number of benzene rings is 1. The number of nitrogens with zero attached hydrogens (tertiary/aromatic N) is 1. The number of aromatic nitrogens is 1. The zero-order valence-electron chi connectivity index (χ0n) is 16.5. The molecule has 0 saturated carbocycles. The van der Waals surface area contributed by atoms with Gasteiger partial charge in [-0.15, -0.1) is 22.7 Å². The van der Waals surface area contributed by atoms with Crippen LogP contribution in [-0.4, -0.2) is 31.0 Å². The summed E-state index contributed by atoms with van der Waals surface area (Å²) in [6.45, 7) is 3.70. The van der Waals surface area contributed by atoms with Crippen LogP contribution in [0.3, 0.4) is 0 Å². The number of thiazole rings is 1. The molecule has 3 rings (SSSR count). The van der Waals surface area contributed by atoms with Gasteiger partial charge < -0.3 is 5.32 Å². The highest BCUT2D eigenvalue weighted by atomic mass is 32.2. The van der Waals surface area contributed by atoms with E-state index in [9.17, 15) is 18.0 Å². The first kappa shape index (κ1) is 22.1. The van der Waals surface area contributed by atoms with E-state index in [2.05, 4.69) is 15.6 Å². The first-order valence-electron chi connectivity index (χ1n) is 9.22. The first-order chi connectivity index (χ1) is 14.3. The molecular formula is C20H21N3O4S3. The Bertz CT molecular complexity index is 1170. The van der Waals surface area contributed by atoms with Gasteiger partial charge in [0.05, 0.1) is 33.3 Å². The number of sulfone groups is 1. The van der Waals surface area contributed by atoms with Gasteiger partial charge in [-0.1, -0.05) is 19.1 Å². The Hall–Kier alpha value is -2.56. The van der Waals surface area contributed by atoms with Crippen molar-refractivity contribution in [2.45, 2.75) is 31.7 Å². The standard InChI is InChI=1S/C20H21N3O4S3/c1-3-10-30(26,27)18-7-5-4-6-15(18)19(25)23-20-22-16(12-28-20)17-9-8-14(29-17)11-21-13(2)24/h4-9,12H,3,10-11H2,1-2H3,(H,21,24)(H,22,23,25). The Labute approximate surface area is 183 Å². The van der Waals surface area contributed by atoms with Crippen molar-refractivity contribution in [1.82, 2.24) is 10.3 Å². The topological polar surface area (TPSA) is 105 Å². The predicted octanol–water partition coefficient (Wildman–Crippen LogP) is 3.94. The molecule has 2 N–H and O–H groups in total. The maximum atomic E-state index is 12.7. The summed E-state index contributed by atoms with van der Waals surface area (Å²) in [6, 6.07) is 10.0. The van der Waals surface area contributed by atoms with Crippen molar-refractivity contribution in [2.75, 3.05) is 11.1 Å². The van der Waals surface area contributed by atoms with Crippen LogP contribution in [-0.2, 0) is 21.2 Å². The fraction of sp³-hybridized carbons (Fsp3) is 0.250. The molecular weight excluding hydrogens is 442 g/mol. The largest absolute Gasteiger partial charge is 0.351 e. The second-order valence-corrected chi connectivity index (χ2v) is 10.6. The molecule has 2 aromatic heterocycles. The number of thiophene rings is 1. The van der Waals surface area contributed by atoms with E-state index in [0.717, 1.165) is 9.75 Å². The van der Waals surface area contributed by atoms with Gasteiger partial charge in [-0.05, 0) is 30.7 Å². The highest BCUT2D eigenvalue weighted by Crippen LogP contribution is 2.31. The first-order valence-corrected chi connectivity index (χ1v) is 12.6. The third kappa shape index (κ3) is 5.32. The van der Waals surface area contributed by atoms with Crippen molar-refractivity contribution < 1.29 is 18.0 Å². The van der Waals surface area contributed by atoms with Crippen LogP contribution in [0.25, 0.3) is 10.6 Å². The molecule has 0 fully saturated rings. The molecule has 0 atom stereocenters. The van der Waals surface area contributed by atoms with Crippen LogP contribution in [0.15, 0.2) is 46.7 Å². The lowest BCUT2D eigenvalue weighted by atomic mass is 10.2. The van der Waals surface area contributed by atoms with Crippen molar-refractivity contribution >= 4 is 49.5 Å². The Kier molecular flexibility index (Phi) is 7.01. The molecule has 2 amide bonds. The van der Waals surface area contributed by atoms with Crippen molar-refractivity contribution in [1.29, 1.82) is 0 Å². The summed E-state index contributed by atoms with van der Waals surface area (Å²) in [5, 5.41) is 7.66. The monoisotopic (exact) mass is 463 g/mol. The van der Waals surface area contributed by atoms with Crippen LogP contribution >= 0.6 is 22.7 Å². The number of amides is 2. The summed E-state index contributed by atoms with van der Waals surface area (Å²) in [7, 11) is -3.53. The summed E-state index contributed by atoms with van der Waals surface area (Å²) in [5.41, 5.74) is 0.817. The Morgan fingerprint density at radius 3 is 2.63 bits per heavy atom. The van der Waals surface area contributed by atoms with Gasteiger partial charge in [-0.2, -0.15) is 0 Å². The fourth-order valence-corrected chi connectivity index (χ4v) is 5.96. The van der Waals surface area contributed by atoms with E-state index in [-0.39, 0.29) is 22.1 Å². The smallest absolute Gasteiger partial charge is 0.258 e. The molecule has 0 saturated heterocycles. The van der Waals surface area contributed by atoms with Gasteiger partial charge in [0.15, 0.2) is 15.0 Å². The average molecular weight is 464 g/mol. The molecule has 0 radical (unpaired) electrons. The summed E-state index contributed by atoms with van der Waals surface area (Å²) < 4.78 is 25.0. The lowest BCUT2D eigenvalue weighted by molar-refractivity contribution is -0.119. The highest BCUT2D eigenvalue weighted by molar-refractivity contribution is 7.91. The molecule has 3 aromatic rings. The summed E-state index contributed by atoms with van der Waals surface area (Å²) >= 11 is 2.77. The van der Waals surface area contributed by atoms with E-state index < -0.39 is 15.7 Å². The molecule has 0 aliphatic carbocycles. The number of hydrogen-bond donors (Lipinski definition) is 2. The van der Waals surface area contributed by atoms with Crippen molar-refractivity contribution in [3.8, 4) is 10.6 Å². The Balaban J connectivity index is 1.76. The van der Waals surface area contributed by atoms with Crippen LogP contribution in [0.4, 0.5) is 5.13 Å². The molecule has 10 heteroatoms. The highest BCUT2D eigenvalue weighted by Gasteiger charge is 2.22. The van der Waals surface area contributed by atoms with Crippen molar-refractivity contribution in [3.63, 3.8) is 0 Å². The van der Waals surface area contributed by atoms with Crippen LogP contribution in [0.5, 0.6) is 0 Å². The van der Waals surface area contributed by atoms with Gasteiger partial charge >= 0.3 is 0 Å². The summed E-state index contributed by atoms with van der Waals surface area (Å²) in [4.78, 5) is 30.2. The van der Waals surface area contributed by atoms with E-state index in [0.29, 0.717) is 23.8 Å². The van der Waals surface area contributed by atoms with Crippen molar-refractivity contribution in [2.24, 2.45) is 0 Å². The minimum Gasteiger partial charge on any atom is -0.351 e. The van der Waals surface area contributed by atoms with E-state index in [1.807, 2.05) is 17.5 Å². The van der Waals surface area contributed by atoms with Gasteiger partial charge in [0.25, 0.3) is 5.91 Å². The van der Waals surface area contributed by atoms with E-state index >= 15 is 0 Å². The summed E-state index contributed by atoms with van der Waals surface area (Å²) in [6.07, 6.45) is 0.471. The molecule has 0 unspecified atom stereocenters. The molecule has 1 aromatic carbocycles. The average Bonchev–Trinajstić information content (AvgIpc) is 3.35. The third-order valence-corrected chi connectivity index (χ3v) is 7.93. The zero-order chi connectivity index (χ0) is 21.7. The molecule has 0 spiro atoms. The maximum Gasteiger partial charge on any atom is 0.258 e. The van der Waals surface area contributed by atoms with Gasteiger partial charge in [0.2, 0.25) is 5.91 Å². The third-order valence-electron chi connectivity index (χ3n) is 4.09. The fourth-order valence-electron chi connectivity index (χ4n) is 2.74. The maximum absolute atomic E-state index is 12.7. The van der Waals surface area contributed by atoms with Gasteiger partial charge in [-0.3, -0.25) is 14.9 Å². The zero-order valence-corrected chi connectivity index (χ0v) is 18.9. The quantitative estimate of drug-likeness (QED) is 0.526. The number of anilines is 1. The van der Waals surface area contributed by atoms with Crippen LogP contribution in [0, 0.1) is 0 Å². The number of carbonyl (C=O) groups excluding carboxylic acids is 2. The van der Waals surface area contributed by atoms with Crippen molar-refractivity contribution in [3.05, 3.63) is 52.2 Å². The molecule has 0 aliphatic rings. The Morgan fingerprint density at radius 1 is 1.13 bits per heavy atom. The van der Waals surface area contributed by atoms with Gasteiger partial charge in [0.1, 0.15) is 0 Å². The molecule has 158 valence electrons. The minimum atomic E-state index is -3.53. The molecule has 2 heterocycles. The van der Waals surface area contributed by atoms with E-state index in [1.54, 1.807) is 19.1 Å². The lowest BCUT2D eigenvalue weighted by Crippen LogP contribution is -2.17. The predicted molar refractivity (Wildman–Crippen MR) is 120 cm³/mol. The normalized spacial score (nSPS) is 11.3. The number of carbonyl (C=O) groups is 2. The summed E-state index contributed by atoms with van der Waals surface area (Å²) in [5.74, 6) is -0.619. The van der Waals surface area contributed by atoms with Gasteiger partial charge in [0, 0.05) is 17.2 Å². The van der Waals surface area contributed by atoms with Crippen LogP contribution < -0.4 is 10.6 Å². The molecule has 0 aliphatic heterocycles. The molecule has 7 nitrogen and oxygen atoms in total.